The van der Waals surface area contributed by atoms with Crippen LogP contribution in [0.15, 0.2) is 110 Å². The molecule has 0 unspecified atom stereocenters. The van der Waals surface area contributed by atoms with Crippen LogP contribution in [0.1, 0.15) is 26.3 Å². The van der Waals surface area contributed by atoms with Crippen LogP contribution in [-0.2, 0) is 0 Å². The predicted octanol–water partition coefficient (Wildman–Crippen LogP) is 6.99. The summed E-state index contributed by atoms with van der Waals surface area (Å²) in [4.78, 5) is 39.6. The molecule has 2 amide bonds. The summed E-state index contributed by atoms with van der Waals surface area (Å²) < 4.78 is 25.7. The van der Waals surface area contributed by atoms with Crippen LogP contribution in [0.25, 0.3) is 0 Å². The number of amides is 2. The molecule has 9 N–H and O–H groups in total. The average Bonchev–Trinajstić information content (AvgIpc) is 3.16. The molecule has 0 aliphatic rings. The summed E-state index contributed by atoms with van der Waals surface area (Å²) in [5.41, 5.74) is 15.3. The van der Waals surface area contributed by atoms with Crippen molar-refractivity contribution in [2.45, 2.75) is 6.92 Å². The molecule has 2 aromatic carbocycles. The van der Waals surface area contributed by atoms with Crippen LogP contribution in [0.2, 0.25) is 5.02 Å². The summed E-state index contributed by atoms with van der Waals surface area (Å²) >= 11 is 5.97. The number of nitrogens with zero attached hydrogens (tertiary/aromatic N) is 4. The third kappa shape index (κ3) is 11.6. The molecule has 0 aliphatic heterocycles. The number of anilines is 8. The summed E-state index contributed by atoms with van der Waals surface area (Å²) in [5.74, 6) is 0.367. The number of hydrogen-bond acceptors (Lipinski definition) is 11. The Morgan fingerprint density at radius 2 is 1.06 bits per heavy atom. The number of carbonyl (C=O) groups is 2. The highest BCUT2D eigenvalue weighted by Gasteiger charge is 2.14. The molecule has 4 aromatic heterocycles. The Balaban J connectivity index is 0.000000202. The van der Waals surface area contributed by atoms with Gasteiger partial charge in [0.25, 0.3) is 11.8 Å². The van der Waals surface area contributed by atoms with Gasteiger partial charge in [0.2, 0.25) is 0 Å². The molecule has 6 rings (SSSR count). The van der Waals surface area contributed by atoms with Crippen LogP contribution in [0.3, 0.4) is 0 Å². The number of para-hydroxylation sites is 3. The molecule has 0 aliphatic carbocycles. The second-order valence-corrected chi connectivity index (χ2v) is 11.3. The number of aromatic nitrogens is 4. The summed E-state index contributed by atoms with van der Waals surface area (Å²) in [6.45, 7) is 1.98. The highest BCUT2D eigenvalue weighted by Crippen LogP contribution is 2.26. The maximum atomic E-state index is 13.0. The van der Waals surface area contributed by atoms with E-state index >= 15 is 0 Å². The molecule has 0 atom stereocenters. The summed E-state index contributed by atoms with van der Waals surface area (Å²) in [6.07, 6.45) is 5.04. The van der Waals surface area contributed by atoms with Gasteiger partial charge in [0, 0.05) is 44.3 Å². The standard InChI is InChI=1S/C19H18FN5O.C12H10ClFN4O.C6H8N2/c1-12-5-3-4-6-15(12)24-16-9-18(23-11-14(16)19(26)21-2)25-17-8-7-13(20)10-22-17;1-15-12(19)8-6-17-11(4-9(8)13)18-10-3-2-7(14)5-16-10;7-5-3-1-2-4-6(5)8/h3-11H,1-2H3,(H,21,26)(H2,22,23,24,25);2-6H,1H3,(H,15,19)(H,16,17,18);1-4H,7-8H2. The van der Waals surface area contributed by atoms with Gasteiger partial charge in [0.1, 0.15) is 34.9 Å². The van der Waals surface area contributed by atoms with E-state index in [1.54, 1.807) is 25.2 Å². The van der Waals surface area contributed by atoms with E-state index in [0.29, 0.717) is 45.9 Å². The van der Waals surface area contributed by atoms with Gasteiger partial charge in [-0.15, -0.1) is 0 Å². The molecular formula is C37H36ClF2N11O2. The van der Waals surface area contributed by atoms with Crippen LogP contribution in [0.4, 0.5) is 54.8 Å². The second kappa shape index (κ2) is 18.9. The first kappa shape index (κ1) is 38.9. The Labute approximate surface area is 309 Å². The van der Waals surface area contributed by atoms with E-state index in [1.807, 2.05) is 43.3 Å². The van der Waals surface area contributed by atoms with Crippen molar-refractivity contribution in [3.05, 3.63) is 143 Å². The maximum absolute atomic E-state index is 13.0. The molecule has 53 heavy (non-hydrogen) atoms. The highest BCUT2D eigenvalue weighted by molar-refractivity contribution is 6.34. The van der Waals surface area contributed by atoms with E-state index in [-0.39, 0.29) is 22.4 Å². The highest BCUT2D eigenvalue weighted by atomic mass is 35.5. The molecule has 0 saturated heterocycles. The van der Waals surface area contributed by atoms with Crippen molar-refractivity contribution in [2.24, 2.45) is 0 Å². The number of nitrogens with one attached hydrogen (secondary N) is 5. The number of carbonyl (C=O) groups excluding carboxylic acids is 2. The van der Waals surface area contributed by atoms with Gasteiger partial charge in [-0.3, -0.25) is 9.59 Å². The van der Waals surface area contributed by atoms with Crippen LogP contribution in [-0.4, -0.2) is 45.8 Å². The minimum Gasteiger partial charge on any atom is -0.397 e. The lowest BCUT2D eigenvalue weighted by atomic mass is 10.1. The lowest BCUT2D eigenvalue weighted by molar-refractivity contribution is 0.0955. The molecule has 0 bridgehead atoms. The summed E-state index contributed by atoms with van der Waals surface area (Å²) in [5, 5.41) is 14.4. The van der Waals surface area contributed by atoms with Gasteiger partial charge >= 0.3 is 0 Å². The molecule has 0 saturated carbocycles. The van der Waals surface area contributed by atoms with Crippen LogP contribution in [0, 0.1) is 18.6 Å². The van der Waals surface area contributed by atoms with Crippen molar-refractivity contribution >= 4 is 69.4 Å². The minimum atomic E-state index is -0.425. The fourth-order valence-electron chi connectivity index (χ4n) is 4.27. The number of nitrogen functional groups attached to an aromatic ring is 2. The van der Waals surface area contributed by atoms with E-state index in [1.165, 1.54) is 49.8 Å². The van der Waals surface area contributed by atoms with Gasteiger partial charge in [-0.05, 0) is 55.0 Å². The number of aryl methyl sites for hydroxylation is 1. The predicted molar refractivity (Wildman–Crippen MR) is 205 cm³/mol. The third-order valence-electron chi connectivity index (χ3n) is 7.08. The summed E-state index contributed by atoms with van der Waals surface area (Å²) in [7, 11) is 3.07. The Morgan fingerprint density at radius 1 is 0.585 bits per heavy atom. The third-order valence-corrected chi connectivity index (χ3v) is 7.39. The normalized spacial score (nSPS) is 10.0. The SMILES string of the molecule is CNC(=O)c1cnc(Nc2ccc(F)cn2)cc1Cl.CNC(=O)c1cnc(Nc2ccc(F)cn2)cc1Nc1ccccc1C.Nc1ccccc1N. The maximum Gasteiger partial charge on any atom is 0.254 e. The van der Waals surface area contributed by atoms with Crippen molar-refractivity contribution in [3.8, 4) is 0 Å². The largest absolute Gasteiger partial charge is 0.397 e. The number of nitrogens with two attached hydrogens (primary N) is 2. The Hall–Kier alpha value is -6.87. The number of hydrogen-bond donors (Lipinski definition) is 7. The first-order valence-corrected chi connectivity index (χ1v) is 16.1. The number of halogens is 3. The monoisotopic (exact) mass is 739 g/mol. The van der Waals surface area contributed by atoms with Crippen molar-refractivity contribution in [2.75, 3.05) is 41.5 Å². The molecular weight excluding hydrogens is 704 g/mol. The van der Waals surface area contributed by atoms with Gasteiger partial charge in [-0.25, -0.2) is 28.7 Å². The zero-order chi connectivity index (χ0) is 38.3. The van der Waals surface area contributed by atoms with E-state index in [0.717, 1.165) is 23.6 Å². The minimum absolute atomic E-state index is 0.250. The first-order chi connectivity index (χ1) is 25.5. The zero-order valence-electron chi connectivity index (χ0n) is 28.8. The van der Waals surface area contributed by atoms with Crippen molar-refractivity contribution < 1.29 is 18.4 Å². The summed E-state index contributed by atoms with van der Waals surface area (Å²) in [6, 6.07) is 23.8. The topological polar surface area (TPSA) is 198 Å². The lowest BCUT2D eigenvalue weighted by Gasteiger charge is -2.14. The number of pyridine rings is 4. The second-order valence-electron chi connectivity index (χ2n) is 10.9. The molecule has 13 nitrogen and oxygen atoms in total. The fourth-order valence-corrected chi connectivity index (χ4v) is 4.51. The molecule has 0 radical (unpaired) electrons. The lowest BCUT2D eigenvalue weighted by Crippen LogP contribution is -2.19. The first-order valence-electron chi connectivity index (χ1n) is 15.8. The van der Waals surface area contributed by atoms with Crippen molar-refractivity contribution in [1.82, 2.24) is 30.6 Å². The number of rotatable bonds is 8. The van der Waals surface area contributed by atoms with E-state index in [2.05, 4.69) is 46.5 Å². The molecule has 0 spiro atoms. The Morgan fingerprint density at radius 3 is 1.53 bits per heavy atom. The molecule has 0 fully saturated rings. The van der Waals surface area contributed by atoms with Crippen LogP contribution < -0.4 is 38.1 Å². The quantitative estimate of drug-likeness (QED) is 0.0794. The van der Waals surface area contributed by atoms with Gasteiger partial charge in [0.15, 0.2) is 0 Å². The average molecular weight is 740 g/mol. The molecule has 6 aromatic rings. The molecule has 4 heterocycles. The Kier molecular flexibility index (Phi) is 13.9. The van der Waals surface area contributed by atoms with Gasteiger partial charge in [0.05, 0.1) is 45.6 Å². The van der Waals surface area contributed by atoms with Crippen LogP contribution in [0.5, 0.6) is 0 Å². The van der Waals surface area contributed by atoms with Gasteiger partial charge in [-0.2, -0.15) is 0 Å². The number of benzene rings is 2. The van der Waals surface area contributed by atoms with Crippen molar-refractivity contribution in [1.29, 1.82) is 0 Å². The molecule has 272 valence electrons. The van der Waals surface area contributed by atoms with Crippen molar-refractivity contribution in [3.63, 3.8) is 0 Å². The van der Waals surface area contributed by atoms with Gasteiger partial charge < -0.3 is 38.1 Å². The van der Waals surface area contributed by atoms with Gasteiger partial charge in [-0.1, -0.05) is 41.9 Å². The molecule has 16 heteroatoms. The Bertz CT molecular complexity index is 2130. The van der Waals surface area contributed by atoms with Crippen LogP contribution >= 0.6 is 11.6 Å². The fraction of sp³-hybridized carbons (Fsp3) is 0.0811. The van der Waals surface area contributed by atoms with E-state index in [9.17, 15) is 18.4 Å². The smallest absolute Gasteiger partial charge is 0.254 e. The van der Waals surface area contributed by atoms with E-state index in [4.69, 9.17) is 23.1 Å². The zero-order valence-corrected chi connectivity index (χ0v) is 29.5. The van der Waals surface area contributed by atoms with E-state index < -0.39 is 11.6 Å².